The Labute approximate surface area is 97.8 Å². The quantitative estimate of drug-likeness (QED) is 0.794. The van der Waals surface area contributed by atoms with Crippen molar-refractivity contribution in [2.45, 2.75) is 19.5 Å². The van der Waals surface area contributed by atoms with Crippen LogP contribution in [0.4, 0.5) is 0 Å². The molecule has 3 nitrogen and oxygen atoms in total. The summed E-state index contributed by atoms with van der Waals surface area (Å²) in [7, 11) is 0. The molecule has 0 bridgehead atoms. The Morgan fingerprint density at radius 2 is 2.38 bits per heavy atom. The van der Waals surface area contributed by atoms with Gasteiger partial charge in [0.2, 0.25) is 0 Å². The van der Waals surface area contributed by atoms with Crippen LogP contribution in [-0.2, 0) is 6.54 Å². The van der Waals surface area contributed by atoms with Crippen molar-refractivity contribution in [2.75, 3.05) is 0 Å². The second-order valence-electron chi connectivity index (χ2n) is 3.98. The van der Waals surface area contributed by atoms with Crippen LogP contribution in [-0.4, -0.2) is 10.1 Å². The zero-order chi connectivity index (χ0) is 11.1. The molecule has 1 aromatic carbocycles. The highest BCUT2D eigenvalue weighted by molar-refractivity contribution is 7.15. The summed E-state index contributed by atoms with van der Waals surface area (Å²) in [5, 5.41) is 13.8. The van der Waals surface area contributed by atoms with E-state index in [9.17, 15) is 5.11 Å². The van der Waals surface area contributed by atoms with Gasteiger partial charge in [0.05, 0.1) is 5.69 Å². The van der Waals surface area contributed by atoms with E-state index in [1.807, 2.05) is 12.1 Å². The molecule has 16 heavy (non-hydrogen) atoms. The second kappa shape index (κ2) is 3.57. The minimum atomic E-state index is 0.291. The van der Waals surface area contributed by atoms with Crippen LogP contribution in [0.15, 0.2) is 24.3 Å². The zero-order valence-corrected chi connectivity index (χ0v) is 9.71. The maximum Gasteiger partial charge on any atom is 0.124 e. The van der Waals surface area contributed by atoms with Gasteiger partial charge in [0.15, 0.2) is 0 Å². The van der Waals surface area contributed by atoms with Crippen molar-refractivity contribution in [3.05, 3.63) is 34.8 Å². The van der Waals surface area contributed by atoms with Crippen molar-refractivity contribution < 1.29 is 5.11 Å². The van der Waals surface area contributed by atoms with Gasteiger partial charge in [-0.05, 0) is 19.1 Å². The number of nitrogens with one attached hydrogen (secondary N) is 1. The van der Waals surface area contributed by atoms with E-state index in [-0.39, 0.29) is 0 Å². The fraction of sp³-hybridized carbons (Fsp3) is 0.250. The summed E-state index contributed by atoms with van der Waals surface area (Å²) in [5.74, 6) is 0.291. The lowest BCUT2D eigenvalue weighted by atomic mass is 10.2. The van der Waals surface area contributed by atoms with Gasteiger partial charge in [0.25, 0.3) is 0 Å². The zero-order valence-electron chi connectivity index (χ0n) is 8.90. The van der Waals surface area contributed by atoms with E-state index in [0.717, 1.165) is 22.8 Å². The summed E-state index contributed by atoms with van der Waals surface area (Å²) in [4.78, 5) is 5.92. The average molecular weight is 232 g/mol. The Morgan fingerprint density at radius 1 is 1.50 bits per heavy atom. The third-order valence-corrected chi connectivity index (χ3v) is 4.12. The number of hydrogen-bond acceptors (Lipinski definition) is 4. The Bertz CT molecular complexity index is 536. The average Bonchev–Trinajstić information content (AvgIpc) is 2.81. The molecule has 0 amide bonds. The number of fused-ring (bicyclic) bond motifs is 1. The van der Waals surface area contributed by atoms with Crippen molar-refractivity contribution in [1.82, 2.24) is 10.3 Å². The van der Waals surface area contributed by atoms with E-state index in [4.69, 9.17) is 0 Å². The van der Waals surface area contributed by atoms with Gasteiger partial charge in [-0.2, -0.15) is 0 Å². The van der Waals surface area contributed by atoms with Gasteiger partial charge >= 0.3 is 0 Å². The van der Waals surface area contributed by atoms with Crippen LogP contribution >= 0.6 is 11.3 Å². The largest absolute Gasteiger partial charge is 0.508 e. The van der Waals surface area contributed by atoms with E-state index < -0.39 is 0 Å². The van der Waals surface area contributed by atoms with Gasteiger partial charge in [-0.25, -0.2) is 4.98 Å². The van der Waals surface area contributed by atoms with E-state index in [0.29, 0.717) is 11.8 Å². The molecule has 2 aromatic rings. The number of nitrogens with zero attached hydrogens (tertiary/aromatic N) is 1. The van der Waals surface area contributed by atoms with Crippen LogP contribution in [0.1, 0.15) is 23.5 Å². The molecular weight excluding hydrogens is 220 g/mol. The highest BCUT2D eigenvalue weighted by Gasteiger charge is 2.23. The van der Waals surface area contributed by atoms with E-state index in [1.165, 1.54) is 4.88 Å². The standard InChI is InChI=1S/C12H12N2OS/c1-7-11-10(6-13-7)14-12(16-11)8-3-2-4-9(15)5-8/h2-5,7,13,15H,6H2,1H3. The lowest BCUT2D eigenvalue weighted by Crippen LogP contribution is -2.07. The van der Waals surface area contributed by atoms with Crippen molar-refractivity contribution in [1.29, 1.82) is 0 Å². The summed E-state index contributed by atoms with van der Waals surface area (Å²) in [6.45, 7) is 3.00. The minimum absolute atomic E-state index is 0.291. The molecule has 82 valence electrons. The van der Waals surface area contributed by atoms with Gasteiger partial charge in [-0.15, -0.1) is 11.3 Å². The fourth-order valence-electron chi connectivity index (χ4n) is 1.93. The summed E-state index contributed by atoms with van der Waals surface area (Å²) in [6, 6.07) is 7.66. The van der Waals surface area contributed by atoms with Crippen molar-refractivity contribution in [3.8, 4) is 16.3 Å². The third kappa shape index (κ3) is 1.50. The van der Waals surface area contributed by atoms with Crippen LogP contribution in [0.3, 0.4) is 0 Å². The summed E-state index contributed by atoms with van der Waals surface area (Å²) < 4.78 is 0. The van der Waals surface area contributed by atoms with E-state index in [1.54, 1.807) is 23.5 Å². The van der Waals surface area contributed by atoms with Crippen LogP contribution in [0.2, 0.25) is 0 Å². The number of phenols is 1. The molecule has 4 heteroatoms. The second-order valence-corrected chi connectivity index (χ2v) is 5.01. The molecule has 0 saturated heterocycles. The molecule has 2 N–H and O–H groups in total. The monoisotopic (exact) mass is 232 g/mol. The highest BCUT2D eigenvalue weighted by Crippen LogP contribution is 2.36. The van der Waals surface area contributed by atoms with Gasteiger partial charge in [0.1, 0.15) is 10.8 Å². The number of aromatic nitrogens is 1. The number of phenolic OH excluding ortho intramolecular Hbond substituents is 1. The molecule has 1 unspecified atom stereocenters. The summed E-state index contributed by atoms with van der Waals surface area (Å²) in [6.07, 6.45) is 0. The normalized spacial score (nSPS) is 18.7. The lowest BCUT2D eigenvalue weighted by molar-refractivity contribution is 0.475. The molecule has 1 aromatic heterocycles. The van der Waals surface area contributed by atoms with Crippen molar-refractivity contribution in [2.24, 2.45) is 0 Å². The van der Waals surface area contributed by atoms with Crippen LogP contribution in [0, 0.1) is 0 Å². The first-order valence-electron chi connectivity index (χ1n) is 5.26. The van der Waals surface area contributed by atoms with Crippen molar-refractivity contribution in [3.63, 3.8) is 0 Å². The predicted molar refractivity (Wildman–Crippen MR) is 64.5 cm³/mol. The number of thiazole rings is 1. The maximum atomic E-state index is 9.44. The molecule has 3 rings (SSSR count). The Balaban J connectivity index is 2.05. The van der Waals surface area contributed by atoms with Gasteiger partial charge in [-0.3, -0.25) is 0 Å². The summed E-state index contributed by atoms with van der Waals surface area (Å²) >= 11 is 1.71. The Kier molecular flexibility index (Phi) is 2.19. The molecule has 1 aliphatic heterocycles. The molecule has 0 fully saturated rings. The molecule has 1 atom stereocenters. The first kappa shape index (κ1) is 9.81. The first-order chi connectivity index (χ1) is 7.74. The maximum absolute atomic E-state index is 9.44. The van der Waals surface area contributed by atoms with Gasteiger partial charge < -0.3 is 10.4 Å². The smallest absolute Gasteiger partial charge is 0.124 e. The third-order valence-electron chi connectivity index (χ3n) is 2.79. The molecular formula is C12H12N2OS. The number of aromatic hydroxyl groups is 1. The van der Waals surface area contributed by atoms with Crippen LogP contribution in [0.25, 0.3) is 10.6 Å². The molecule has 0 aliphatic carbocycles. The summed E-state index contributed by atoms with van der Waals surface area (Å²) in [5.41, 5.74) is 2.14. The number of rotatable bonds is 1. The van der Waals surface area contributed by atoms with Gasteiger partial charge in [-0.1, -0.05) is 12.1 Å². The molecule has 0 spiro atoms. The highest BCUT2D eigenvalue weighted by atomic mass is 32.1. The SMILES string of the molecule is CC1NCc2nc(-c3cccc(O)c3)sc21. The molecule has 2 heterocycles. The van der Waals surface area contributed by atoms with E-state index >= 15 is 0 Å². The van der Waals surface area contributed by atoms with E-state index in [2.05, 4.69) is 17.2 Å². The van der Waals surface area contributed by atoms with Crippen molar-refractivity contribution >= 4 is 11.3 Å². The molecule has 1 aliphatic rings. The topological polar surface area (TPSA) is 45.2 Å². The van der Waals surface area contributed by atoms with Crippen LogP contribution < -0.4 is 5.32 Å². The minimum Gasteiger partial charge on any atom is -0.508 e. The van der Waals surface area contributed by atoms with Crippen LogP contribution in [0.5, 0.6) is 5.75 Å². The Morgan fingerprint density at radius 3 is 3.12 bits per heavy atom. The molecule has 0 radical (unpaired) electrons. The lowest BCUT2D eigenvalue weighted by Gasteiger charge is -2.01. The number of benzene rings is 1. The predicted octanol–water partition coefficient (Wildman–Crippen LogP) is 2.68. The first-order valence-corrected chi connectivity index (χ1v) is 6.08. The molecule has 0 saturated carbocycles. The fourth-order valence-corrected chi connectivity index (χ4v) is 3.04. The number of hydrogen-bond donors (Lipinski definition) is 2. The van der Waals surface area contributed by atoms with Gasteiger partial charge in [0, 0.05) is 23.0 Å². The Hall–Kier alpha value is -1.39.